The fraction of sp³-hybridized carbons (Fsp3) is 0.235. The molecule has 3 rings (SSSR count). The first-order chi connectivity index (χ1) is 11.2. The normalized spacial score (nSPS) is 12.1. The zero-order valence-electron chi connectivity index (χ0n) is 13.1. The monoisotopic (exact) mass is 310 g/mol. The van der Waals surface area contributed by atoms with E-state index in [9.17, 15) is 4.79 Å². The van der Waals surface area contributed by atoms with Gasteiger partial charge in [-0.15, -0.1) is 10.2 Å². The van der Waals surface area contributed by atoms with Gasteiger partial charge in [-0.2, -0.15) is 0 Å². The molecule has 1 aromatic carbocycles. The first-order valence-electron chi connectivity index (χ1n) is 7.39. The van der Waals surface area contributed by atoms with Gasteiger partial charge < -0.3 is 10.1 Å². The molecule has 6 nitrogen and oxygen atoms in total. The van der Waals surface area contributed by atoms with Crippen molar-refractivity contribution in [1.29, 1.82) is 0 Å². The summed E-state index contributed by atoms with van der Waals surface area (Å²) in [6.07, 6.45) is 2.20. The first-order valence-corrected chi connectivity index (χ1v) is 7.39. The molecule has 0 bridgehead atoms. The Labute approximate surface area is 134 Å². The third kappa shape index (κ3) is 3.31. The van der Waals surface area contributed by atoms with Crippen molar-refractivity contribution in [2.75, 3.05) is 7.11 Å². The highest BCUT2D eigenvalue weighted by Crippen LogP contribution is 2.14. The molecule has 0 aliphatic heterocycles. The second kappa shape index (κ2) is 6.48. The van der Waals surface area contributed by atoms with E-state index in [1.807, 2.05) is 60.0 Å². The van der Waals surface area contributed by atoms with Crippen molar-refractivity contribution in [2.24, 2.45) is 0 Å². The minimum atomic E-state index is -0.224. The number of ether oxygens (including phenoxy) is 1. The van der Waals surface area contributed by atoms with Crippen molar-refractivity contribution in [2.45, 2.75) is 19.4 Å². The quantitative estimate of drug-likeness (QED) is 0.784. The molecule has 0 saturated carbocycles. The summed E-state index contributed by atoms with van der Waals surface area (Å²) in [4.78, 5) is 12.2. The Morgan fingerprint density at radius 3 is 2.74 bits per heavy atom. The first kappa shape index (κ1) is 15.0. The van der Waals surface area contributed by atoms with Crippen LogP contribution in [0.1, 0.15) is 24.4 Å². The summed E-state index contributed by atoms with van der Waals surface area (Å²) in [6.45, 7) is 1.90. The number of fused-ring (bicyclic) bond motifs is 1. The predicted molar refractivity (Wildman–Crippen MR) is 86.2 cm³/mol. The van der Waals surface area contributed by atoms with Crippen LogP contribution in [-0.2, 0) is 11.2 Å². The van der Waals surface area contributed by atoms with Gasteiger partial charge in [0.05, 0.1) is 19.6 Å². The van der Waals surface area contributed by atoms with Crippen molar-refractivity contribution in [3.8, 4) is 5.75 Å². The lowest BCUT2D eigenvalue weighted by Gasteiger charge is -2.12. The number of hydrogen-bond donors (Lipinski definition) is 1. The Morgan fingerprint density at radius 2 is 2.00 bits per heavy atom. The highest BCUT2D eigenvalue weighted by Gasteiger charge is 2.15. The molecule has 1 amide bonds. The molecule has 0 aliphatic rings. The van der Waals surface area contributed by atoms with Crippen LogP contribution in [-0.4, -0.2) is 27.6 Å². The summed E-state index contributed by atoms with van der Waals surface area (Å²) in [5, 5.41) is 11.2. The molecular formula is C17H18N4O2. The van der Waals surface area contributed by atoms with E-state index in [0.29, 0.717) is 12.2 Å². The Hall–Kier alpha value is -2.89. The lowest BCUT2D eigenvalue weighted by atomic mass is 10.1. The van der Waals surface area contributed by atoms with Gasteiger partial charge in [0.2, 0.25) is 5.91 Å². The van der Waals surface area contributed by atoms with Crippen LogP contribution in [0.5, 0.6) is 5.75 Å². The van der Waals surface area contributed by atoms with E-state index in [4.69, 9.17) is 4.74 Å². The average molecular weight is 310 g/mol. The molecule has 1 unspecified atom stereocenters. The lowest BCUT2D eigenvalue weighted by molar-refractivity contribution is -0.121. The third-order valence-electron chi connectivity index (χ3n) is 3.63. The van der Waals surface area contributed by atoms with E-state index < -0.39 is 0 Å². The molecule has 118 valence electrons. The summed E-state index contributed by atoms with van der Waals surface area (Å²) >= 11 is 0. The van der Waals surface area contributed by atoms with E-state index in [1.54, 1.807) is 7.11 Å². The van der Waals surface area contributed by atoms with Gasteiger partial charge in [-0.05, 0) is 36.8 Å². The standard InChI is InChI=1S/C17H18N4O2/c1-12(17-20-19-15-5-3-4-10-21(15)17)18-16(22)11-13-6-8-14(23-2)9-7-13/h3-10,12H,11H2,1-2H3,(H,18,22). The number of aromatic nitrogens is 3. The highest BCUT2D eigenvalue weighted by molar-refractivity contribution is 5.79. The molecule has 23 heavy (non-hydrogen) atoms. The van der Waals surface area contributed by atoms with Gasteiger partial charge in [0.25, 0.3) is 0 Å². The van der Waals surface area contributed by atoms with Crippen molar-refractivity contribution >= 4 is 11.6 Å². The van der Waals surface area contributed by atoms with Crippen LogP contribution in [0.3, 0.4) is 0 Å². The van der Waals surface area contributed by atoms with Gasteiger partial charge in [-0.1, -0.05) is 18.2 Å². The number of methoxy groups -OCH3 is 1. The van der Waals surface area contributed by atoms with Gasteiger partial charge in [0.1, 0.15) is 5.75 Å². The number of hydrogen-bond acceptors (Lipinski definition) is 4. The van der Waals surface area contributed by atoms with Gasteiger partial charge >= 0.3 is 0 Å². The number of carbonyl (C=O) groups is 1. The number of carbonyl (C=O) groups excluding carboxylic acids is 1. The fourth-order valence-electron chi connectivity index (χ4n) is 2.44. The topological polar surface area (TPSA) is 68.5 Å². The van der Waals surface area contributed by atoms with Crippen LogP contribution in [0.2, 0.25) is 0 Å². The van der Waals surface area contributed by atoms with Crippen molar-refractivity contribution in [1.82, 2.24) is 19.9 Å². The number of benzene rings is 1. The molecule has 1 atom stereocenters. The van der Waals surface area contributed by atoms with Crippen LogP contribution < -0.4 is 10.1 Å². The van der Waals surface area contributed by atoms with Gasteiger partial charge in [-0.3, -0.25) is 9.20 Å². The van der Waals surface area contributed by atoms with Gasteiger partial charge in [-0.25, -0.2) is 0 Å². The maximum Gasteiger partial charge on any atom is 0.224 e. The maximum absolute atomic E-state index is 12.2. The molecule has 0 radical (unpaired) electrons. The molecule has 0 spiro atoms. The SMILES string of the molecule is COc1ccc(CC(=O)NC(C)c2nnc3ccccn23)cc1. The second-order valence-electron chi connectivity index (χ2n) is 5.30. The molecule has 2 heterocycles. The summed E-state index contributed by atoms with van der Waals surface area (Å²) in [7, 11) is 1.62. The van der Waals surface area contributed by atoms with Gasteiger partial charge in [0.15, 0.2) is 11.5 Å². The molecule has 1 N–H and O–H groups in total. The Morgan fingerprint density at radius 1 is 1.22 bits per heavy atom. The zero-order chi connectivity index (χ0) is 16.2. The fourth-order valence-corrected chi connectivity index (χ4v) is 2.44. The molecule has 3 aromatic rings. The number of rotatable bonds is 5. The van der Waals surface area contributed by atoms with Crippen LogP contribution in [0.4, 0.5) is 0 Å². The minimum absolute atomic E-state index is 0.0599. The molecule has 0 fully saturated rings. The van der Waals surface area contributed by atoms with Crippen molar-refractivity contribution in [3.05, 3.63) is 60.0 Å². The van der Waals surface area contributed by atoms with E-state index in [0.717, 1.165) is 17.0 Å². The Kier molecular flexibility index (Phi) is 4.23. The van der Waals surface area contributed by atoms with Crippen molar-refractivity contribution < 1.29 is 9.53 Å². The third-order valence-corrected chi connectivity index (χ3v) is 3.63. The van der Waals surface area contributed by atoms with Crippen LogP contribution in [0, 0.1) is 0 Å². The van der Waals surface area contributed by atoms with Crippen LogP contribution in [0.25, 0.3) is 5.65 Å². The van der Waals surface area contributed by atoms with Crippen LogP contribution >= 0.6 is 0 Å². The molecule has 2 aromatic heterocycles. The minimum Gasteiger partial charge on any atom is -0.497 e. The Bertz CT molecular complexity index is 811. The maximum atomic E-state index is 12.2. The lowest BCUT2D eigenvalue weighted by Crippen LogP contribution is -2.29. The Balaban J connectivity index is 1.67. The predicted octanol–water partition coefficient (Wildman–Crippen LogP) is 2.16. The average Bonchev–Trinajstić information content (AvgIpc) is 2.99. The number of pyridine rings is 1. The van der Waals surface area contributed by atoms with Gasteiger partial charge in [0, 0.05) is 6.20 Å². The molecule has 6 heteroatoms. The number of nitrogens with zero attached hydrogens (tertiary/aromatic N) is 3. The zero-order valence-corrected chi connectivity index (χ0v) is 13.1. The summed E-state index contributed by atoms with van der Waals surface area (Å²) < 4.78 is 6.98. The number of nitrogens with one attached hydrogen (secondary N) is 1. The summed E-state index contributed by atoms with van der Waals surface area (Å²) in [5.41, 5.74) is 1.69. The van der Waals surface area contributed by atoms with Crippen molar-refractivity contribution in [3.63, 3.8) is 0 Å². The molecule has 0 saturated heterocycles. The van der Waals surface area contributed by atoms with Crippen LogP contribution in [0.15, 0.2) is 48.7 Å². The van der Waals surface area contributed by atoms with E-state index in [-0.39, 0.29) is 11.9 Å². The van der Waals surface area contributed by atoms with E-state index in [1.165, 1.54) is 0 Å². The highest BCUT2D eigenvalue weighted by atomic mass is 16.5. The number of amides is 1. The largest absolute Gasteiger partial charge is 0.497 e. The van der Waals surface area contributed by atoms with E-state index >= 15 is 0 Å². The summed E-state index contributed by atoms with van der Waals surface area (Å²) in [5.74, 6) is 1.43. The van der Waals surface area contributed by atoms with E-state index in [2.05, 4.69) is 15.5 Å². The smallest absolute Gasteiger partial charge is 0.224 e. The molecule has 0 aliphatic carbocycles. The molecular weight excluding hydrogens is 292 g/mol. The summed E-state index contributed by atoms with van der Waals surface area (Å²) in [6, 6.07) is 12.9. The second-order valence-corrected chi connectivity index (χ2v) is 5.30.